The lowest BCUT2D eigenvalue weighted by Gasteiger charge is -2.03. The van der Waals surface area contributed by atoms with Crippen LogP contribution in [0.2, 0.25) is 0 Å². The molecule has 0 aliphatic carbocycles. The minimum atomic E-state index is 1.01. The Kier molecular flexibility index (Phi) is 1.73. The Labute approximate surface area is 102 Å². The van der Waals surface area contributed by atoms with Crippen LogP contribution in [0.3, 0.4) is 0 Å². The van der Waals surface area contributed by atoms with Gasteiger partial charge in [-0.25, -0.2) is 0 Å². The summed E-state index contributed by atoms with van der Waals surface area (Å²) < 4.78 is 5.17. The largest absolute Gasteiger partial charge is 0.137 e. The lowest BCUT2D eigenvalue weighted by atomic mass is 10.0. The highest BCUT2D eigenvalue weighted by atomic mass is 32.1. The fourth-order valence-corrected chi connectivity index (χ4v) is 2.91. The van der Waals surface area contributed by atoms with Gasteiger partial charge in [0.2, 0.25) is 0 Å². The zero-order chi connectivity index (χ0) is 11.2. The minimum absolute atomic E-state index is 1.01. The van der Waals surface area contributed by atoms with E-state index in [0.717, 1.165) is 10.2 Å². The molecule has 0 spiro atoms. The summed E-state index contributed by atoms with van der Waals surface area (Å²) in [5, 5.41) is 9.21. The Morgan fingerprint density at radius 1 is 0.765 bits per heavy atom. The molecule has 2 nitrogen and oxygen atoms in total. The quantitative estimate of drug-likeness (QED) is 0.431. The standard InChI is InChI=1S/C14H8N2S/c1-2-4-10-9(3-1)5-6-12-11(10)7-8-13-14(12)15-16-17-13/h1-8H. The molecule has 0 saturated heterocycles. The number of nitrogens with zero attached hydrogens (tertiary/aromatic N) is 2. The van der Waals surface area contributed by atoms with Gasteiger partial charge < -0.3 is 0 Å². The Balaban J connectivity index is 2.34. The average molecular weight is 236 g/mol. The molecule has 1 aromatic heterocycles. The number of fused-ring (bicyclic) bond motifs is 5. The zero-order valence-electron chi connectivity index (χ0n) is 8.92. The van der Waals surface area contributed by atoms with Crippen molar-refractivity contribution >= 4 is 43.3 Å². The summed E-state index contributed by atoms with van der Waals surface area (Å²) in [6.07, 6.45) is 0. The van der Waals surface area contributed by atoms with Gasteiger partial charge in [0.1, 0.15) is 5.52 Å². The van der Waals surface area contributed by atoms with Crippen LogP contribution in [-0.4, -0.2) is 9.59 Å². The van der Waals surface area contributed by atoms with Gasteiger partial charge in [-0.2, -0.15) is 0 Å². The average Bonchev–Trinajstić information content (AvgIpc) is 2.86. The molecule has 0 fully saturated rings. The van der Waals surface area contributed by atoms with E-state index in [9.17, 15) is 0 Å². The van der Waals surface area contributed by atoms with Crippen LogP contribution in [0.25, 0.3) is 31.8 Å². The maximum absolute atomic E-state index is 4.22. The van der Waals surface area contributed by atoms with Crippen molar-refractivity contribution in [3.05, 3.63) is 48.5 Å². The van der Waals surface area contributed by atoms with Gasteiger partial charge in [0.15, 0.2) is 0 Å². The molecule has 0 saturated carbocycles. The second kappa shape index (κ2) is 3.25. The van der Waals surface area contributed by atoms with E-state index >= 15 is 0 Å². The van der Waals surface area contributed by atoms with Crippen molar-refractivity contribution in [1.29, 1.82) is 0 Å². The minimum Gasteiger partial charge on any atom is -0.137 e. The summed E-state index contributed by atoms with van der Waals surface area (Å²) in [6, 6.07) is 17.0. The summed E-state index contributed by atoms with van der Waals surface area (Å²) in [5.74, 6) is 0. The second-order valence-corrected chi connectivity index (χ2v) is 4.85. The van der Waals surface area contributed by atoms with Gasteiger partial charge in [-0.3, -0.25) is 0 Å². The van der Waals surface area contributed by atoms with Crippen LogP contribution < -0.4 is 0 Å². The monoisotopic (exact) mass is 236 g/mol. The smallest absolute Gasteiger partial charge is 0.113 e. The van der Waals surface area contributed by atoms with Crippen molar-refractivity contribution in [1.82, 2.24) is 9.59 Å². The Hall–Kier alpha value is -2.00. The molecule has 4 aromatic rings. The molecule has 0 radical (unpaired) electrons. The first-order valence-electron chi connectivity index (χ1n) is 5.46. The Morgan fingerprint density at radius 2 is 1.65 bits per heavy atom. The number of aromatic nitrogens is 2. The van der Waals surface area contributed by atoms with E-state index in [2.05, 4.69) is 58.1 Å². The number of rotatable bonds is 0. The predicted octanol–water partition coefficient (Wildman–Crippen LogP) is 4.00. The molecular weight excluding hydrogens is 228 g/mol. The molecule has 0 atom stereocenters. The lowest BCUT2D eigenvalue weighted by Crippen LogP contribution is -1.79. The fraction of sp³-hybridized carbons (Fsp3) is 0. The molecule has 17 heavy (non-hydrogen) atoms. The third-order valence-corrected chi connectivity index (χ3v) is 3.83. The molecular formula is C14H8N2S. The maximum atomic E-state index is 4.22. The first-order chi connectivity index (χ1) is 8.43. The highest BCUT2D eigenvalue weighted by molar-refractivity contribution is 7.13. The Morgan fingerprint density at radius 3 is 2.65 bits per heavy atom. The molecule has 0 aliphatic rings. The van der Waals surface area contributed by atoms with Crippen LogP contribution in [0.15, 0.2) is 48.5 Å². The number of hydrogen-bond acceptors (Lipinski definition) is 3. The van der Waals surface area contributed by atoms with Crippen LogP contribution in [0.1, 0.15) is 0 Å². The van der Waals surface area contributed by atoms with Crippen molar-refractivity contribution in [2.24, 2.45) is 0 Å². The molecule has 80 valence electrons. The third kappa shape index (κ3) is 1.20. The van der Waals surface area contributed by atoms with Gasteiger partial charge in [0.05, 0.1) is 4.70 Å². The first kappa shape index (κ1) is 9.07. The van der Waals surface area contributed by atoms with Gasteiger partial charge in [-0.1, -0.05) is 47.0 Å². The summed E-state index contributed by atoms with van der Waals surface area (Å²) >= 11 is 1.45. The van der Waals surface area contributed by atoms with Crippen molar-refractivity contribution < 1.29 is 0 Å². The zero-order valence-corrected chi connectivity index (χ0v) is 9.74. The van der Waals surface area contributed by atoms with Crippen molar-refractivity contribution in [3.8, 4) is 0 Å². The van der Waals surface area contributed by atoms with Crippen LogP contribution in [0, 0.1) is 0 Å². The molecule has 3 aromatic carbocycles. The summed E-state index contributed by atoms with van der Waals surface area (Å²) in [7, 11) is 0. The summed E-state index contributed by atoms with van der Waals surface area (Å²) in [5.41, 5.74) is 1.01. The molecule has 0 aliphatic heterocycles. The molecule has 4 rings (SSSR count). The first-order valence-corrected chi connectivity index (χ1v) is 6.23. The van der Waals surface area contributed by atoms with Crippen LogP contribution in [0.5, 0.6) is 0 Å². The summed E-state index contributed by atoms with van der Waals surface area (Å²) in [4.78, 5) is 0. The van der Waals surface area contributed by atoms with E-state index in [-0.39, 0.29) is 0 Å². The number of hydrogen-bond donors (Lipinski definition) is 0. The topological polar surface area (TPSA) is 25.8 Å². The number of benzene rings is 3. The predicted molar refractivity (Wildman–Crippen MR) is 72.4 cm³/mol. The van der Waals surface area contributed by atoms with Crippen molar-refractivity contribution in [2.45, 2.75) is 0 Å². The van der Waals surface area contributed by atoms with E-state index in [1.54, 1.807) is 0 Å². The highest BCUT2D eigenvalue weighted by Gasteiger charge is 2.06. The van der Waals surface area contributed by atoms with E-state index in [0.29, 0.717) is 0 Å². The van der Waals surface area contributed by atoms with Gasteiger partial charge in [0.25, 0.3) is 0 Å². The lowest BCUT2D eigenvalue weighted by molar-refractivity contribution is 1.20. The maximum Gasteiger partial charge on any atom is 0.113 e. The van der Waals surface area contributed by atoms with Crippen LogP contribution in [-0.2, 0) is 0 Å². The van der Waals surface area contributed by atoms with E-state index < -0.39 is 0 Å². The Bertz CT molecular complexity index is 848. The van der Waals surface area contributed by atoms with Gasteiger partial charge in [0, 0.05) is 5.39 Å². The van der Waals surface area contributed by atoms with Crippen LogP contribution >= 0.6 is 11.5 Å². The highest BCUT2D eigenvalue weighted by Crippen LogP contribution is 2.30. The normalized spacial score (nSPS) is 11.5. The molecule has 0 amide bonds. The van der Waals surface area contributed by atoms with E-state index in [1.165, 1.54) is 33.1 Å². The molecule has 0 bridgehead atoms. The van der Waals surface area contributed by atoms with Gasteiger partial charge in [-0.15, -0.1) is 5.10 Å². The third-order valence-electron chi connectivity index (χ3n) is 3.14. The van der Waals surface area contributed by atoms with Crippen molar-refractivity contribution in [3.63, 3.8) is 0 Å². The molecule has 0 N–H and O–H groups in total. The van der Waals surface area contributed by atoms with Crippen molar-refractivity contribution in [2.75, 3.05) is 0 Å². The summed E-state index contributed by atoms with van der Waals surface area (Å²) in [6.45, 7) is 0. The van der Waals surface area contributed by atoms with E-state index in [4.69, 9.17) is 0 Å². The second-order valence-electron chi connectivity index (χ2n) is 4.07. The van der Waals surface area contributed by atoms with Gasteiger partial charge in [-0.05, 0) is 33.8 Å². The molecule has 1 heterocycles. The molecule has 3 heteroatoms. The fourth-order valence-electron chi connectivity index (χ4n) is 2.33. The van der Waals surface area contributed by atoms with Gasteiger partial charge >= 0.3 is 0 Å². The molecule has 0 unspecified atom stereocenters. The van der Waals surface area contributed by atoms with Crippen LogP contribution in [0.4, 0.5) is 0 Å². The SMILES string of the molecule is c1ccc2c(c1)ccc1c2ccc2snnc21. The van der Waals surface area contributed by atoms with E-state index in [1.807, 2.05) is 0 Å².